The summed E-state index contributed by atoms with van der Waals surface area (Å²) in [4.78, 5) is 16.5. The number of amides is 1. The van der Waals surface area contributed by atoms with Crippen molar-refractivity contribution in [1.82, 2.24) is 4.98 Å². The third-order valence-corrected chi connectivity index (χ3v) is 5.77. The average Bonchev–Trinajstić information content (AvgIpc) is 2.56. The molecule has 0 aliphatic carbocycles. The molecule has 0 bridgehead atoms. The van der Waals surface area contributed by atoms with Crippen LogP contribution < -0.4 is 9.62 Å². The minimum absolute atomic E-state index is 0.150. The fraction of sp³-hybridized carbons (Fsp3) is 0.294. The van der Waals surface area contributed by atoms with Gasteiger partial charge in [0.05, 0.1) is 11.4 Å². The van der Waals surface area contributed by atoms with Crippen molar-refractivity contribution in [3.05, 3.63) is 53.7 Å². The normalized spacial score (nSPS) is 16.6. The van der Waals surface area contributed by atoms with Crippen LogP contribution in [0.3, 0.4) is 0 Å². The number of carbonyl (C=O) groups excluding carboxylic acids is 1. The van der Waals surface area contributed by atoms with Crippen LogP contribution in [0, 0.1) is 6.92 Å². The maximum Gasteiger partial charge on any atom is 0.256 e. The summed E-state index contributed by atoms with van der Waals surface area (Å²) in [7, 11) is -3.29. The highest BCUT2D eigenvalue weighted by Crippen LogP contribution is 2.24. The fourth-order valence-corrected chi connectivity index (χ4v) is 4.24. The van der Waals surface area contributed by atoms with Crippen LogP contribution in [-0.2, 0) is 10.0 Å². The van der Waals surface area contributed by atoms with Gasteiger partial charge in [-0.05, 0) is 49.6 Å². The molecule has 2 heterocycles. The average molecular weight is 345 g/mol. The van der Waals surface area contributed by atoms with Gasteiger partial charge in [0.15, 0.2) is 0 Å². The van der Waals surface area contributed by atoms with Crippen LogP contribution in [0.1, 0.15) is 28.8 Å². The molecule has 1 aliphatic rings. The number of anilines is 2. The van der Waals surface area contributed by atoms with Crippen molar-refractivity contribution in [3.8, 4) is 0 Å². The number of carbonyl (C=O) groups is 1. The zero-order chi connectivity index (χ0) is 17.2. The molecule has 1 aliphatic heterocycles. The van der Waals surface area contributed by atoms with Crippen molar-refractivity contribution in [3.63, 3.8) is 0 Å². The van der Waals surface area contributed by atoms with Gasteiger partial charge in [-0.25, -0.2) is 13.4 Å². The molecule has 1 N–H and O–H groups in total. The first-order valence-corrected chi connectivity index (χ1v) is 9.41. The van der Waals surface area contributed by atoms with Gasteiger partial charge in [-0.2, -0.15) is 0 Å². The SMILES string of the molecule is Cc1ccc(NC(=O)c2cccc(N3CCCCS3(=O)=O)c2)nc1. The number of nitrogens with zero attached hydrogens (tertiary/aromatic N) is 2. The fourth-order valence-electron chi connectivity index (χ4n) is 2.61. The van der Waals surface area contributed by atoms with E-state index in [2.05, 4.69) is 10.3 Å². The van der Waals surface area contributed by atoms with E-state index < -0.39 is 10.0 Å². The van der Waals surface area contributed by atoms with E-state index in [0.29, 0.717) is 30.0 Å². The van der Waals surface area contributed by atoms with Crippen molar-refractivity contribution in [1.29, 1.82) is 0 Å². The number of benzene rings is 1. The van der Waals surface area contributed by atoms with Gasteiger partial charge in [-0.1, -0.05) is 12.1 Å². The summed E-state index contributed by atoms with van der Waals surface area (Å²) in [6.45, 7) is 2.37. The topological polar surface area (TPSA) is 79.4 Å². The summed E-state index contributed by atoms with van der Waals surface area (Å²) in [5.74, 6) is 0.292. The highest BCUT2D eigenvalue weighted by Gasteiger charge is 2.26. The molecule has 1 amide bonds. The molecule has 0 atom stereocenters. The van der Waals surface area contributed by atoms with E-state index in [9.17, 15) is 13.2 Å². The third kappa shape index (κ3) is 3.56. The molecule has 7 heteroatoms. The Morgan fingerprint density at radius 3 is 2.75 bits per heavy atom. The van der Waals surface area contributed by atoms with Gasteiger partial charge in [0, 0.05) is 18.3 Å². The first kappa shape index (κ1) is 16.4. The number of aryl methyl sites for hydroxylation is 1. The lowest BCUT2D eigenvalue weighted by Gasteiger charge is -2.28. The van der Waals surface area contributed by atoms with E-state index in [1.54, 1.807) is 36.5 Å². The molecule has 1 fully saturated rings. The highest BCUT2D eigenvalue weighted by molar-refractivity contribution is 7.92. The number of aromatic nitrogens is 1. The Morgan fingerprint density at radius 1 is 1.21 bits per heavy atom. The van der Waals surface area contributed by atoms with Crippen LogP contribution in [-0.4, -0.2) is 31.6 Å². The van der Waals surface area contributed by atoms with Crippen molar-refractivity contribution in [2.75, 3.05) is 21.9 Å². The summed E-state index contributed by atoms with van der Waals surface area (Å²) in [5.41, 5.74) is 1.93. The number of hydrogen-bond acceptors (Lipinski definition) is 4. The van der Waals surface area contributed by atoms with Crippen LogP contribution >= 0.6 is 0 Å². The lowest BCUT2D eigenvalue weighted by atomic mass is 10.2. The Balaban J connectivity index is 1.82. The zero-order valence-electron chi connectivity index (χ0n) is 13.4. The van der Waals surface area contributed by atoms with Crippen LogP contribution in [0.15, 0.2) is 42.6 Å². The molecule has 3 rings (SSSR count). The number of rotatable bonds is 3. The molecule has 1 aromatic carbocycles. The molecule has 0 saturated carbocycles. The van der Waals surface area contributed by atoms with Crippen molar-refractivity contribution in [2.45, 2.75) is 19.8 Å². The van der Waals surface area contributed by atoms with Gasteiger partial charge >= 0.3 is 0 Å². The van der Waals surface area contributed by atoms with Gasteiger partial charge in [0.2, 0.25) is 10.0 Å². The first-order chi connectivity index (χ1) is 11.5. The predicted molar refractivity (Wildman–Crippen MR) is 93.7 cm³/mol. The van der Waals surface area contributed by atoms with E-state index in [1.165, 1.54) is 4.31 Å². The Hall–Kier alpha value is -2.41. The van der Waals surface area contributed by atoms with Crippen molar-refractivity contribution >= 4 is 27.4 Å². The number of sulfonamides is 1. The van der Waals surface area contributed by atoms with Crippen LogP contribution in [0.5, 0.6) is 0 Å². The zero-order valence-corrected chi connectivity index (χ0v) is 14.2. The molecular weight excluding hydrogens is 326 g/mol. The van der Waals surface area contributed by atoms with E-state index in [0.717, 1.165) is 12.0 Å². The quantitative estimate of drug-likeness (QED) is 0.927. The Morgan fingerprint density at radius 2 is 2.04 bits per heavy atom. The molecule has 1 saturated heterocycles. The molecule has 0 spiro atoms. The summed E-state index contributed by atoms with van der Waals surface area (Å²) < 4.78 is 25.8. The maximum absolute atomic E-state index is 12.4. The van der Waals surface area contributed by atoms with Crippen molar-refractivity contribution < 1.29 is 13.2 Å². The second-order valence-electron chi connectivity index (χ2n) is 5.82. The Bertz CT molecular complexity index is 848. The van der Waals surface area contributed by atoms with Gasteiger partial charge in [-0.15, -0.1) is 0 Å². The van der Waals surface area contributed by atoms with Gasteiger partial charge in [-0.3, -0.25) is 9.10 Å². The second kappa shape index (κ2) is 6.60. The Labute approximate surface area is 141 Å². The molecular formula is C17H19N3O3S. The number of pyridine rings is 1. The van der Waals surface area contributed by atoms with E-state index in [-0.39, 0.29) is 11.7 Å². The van der Waals surface area contributed by atoms with Gasteiger partial charge in [0.25, 0.3) is 5.91 Å². The summed E-state index contributed by atoms with van der Waals surface area (Å²) in [6, 6.07) is 10.3. The summed E-state index contributed by atoms with van der Waals surface area (Å²) in [5, 5.41) is 2.72. The minimum atomic E-state index is -3.29. The summed E-state index contributed by atoms with van der Waals surface area (Å²) >= 11 is 0. The largest absolute Gasteiger partial charge is 0.307 e. The molecule has 24 heavy (non-hydrogen) atoms. The molecule has 2 aromatic rings. The predicted octanol–water partition coefficient (Wildman–Crippen LogP) is 2.57. The molecule has 0 radical (unpaired) electrons. The highest BCUT2D eigenvalue weighted by atomic mass is 32.2. The summed E-state index contributed by atoms with van der Waals surface area (Å²) in [6.07, 6.45) is 3.17. The smallest absolute Gasteiger partial charge is 0.256 e. The first-order valence-electron chi connectivity index (χ1n) is 7.80. The lowest BCUT2D eigenvalue weighted by molar-refractivity contribution is 0.102. The second-order valence-corrected chi connectivity index (χ2v) is 7.83. The Kier molecular flexibility index (Phi) is 4.53. The van der Waals surface area contributed by atoms with E-state index in [4.69, 9.17) is 0 Å². The van der Waals surface area contributed by atoms with Crippen molar-refractivity contribution in [2.24, 2.45) is 0 Å². The minimum Gasteiger partial charge on any atom is -0.307 e. The molecule has 1 aromatic heterocycles. The third-order valence-electron chi connectivity index (χ3n) is 3.90. The van der Waals surface area contributed by atoms with Gasteiger partial charge in [0.1, 0.15) is 5.82 Å². The lowest BCUT2D eigenvalue weighted by Crippen LogP contribution is -2.37. The molecule has 0 unspecified atom stereocenters. The van der Waals surface area contributed by atoms with E-state index in [1.807, 2.05) is 13.0 Å². The monoisotopic (exact) mass is 345 g/mol. The molecule has 126 valence electrons. The van der Waals surface area contributed by atoms with Crippen LogP contribution in [0.4, 0.5) is 11.5 Å². The van der Waals surface area contributed by atoms with Crippen LogP contribution in [0.25, 0.3) is 0 Å². The maximum atomic E-state index is 12.4. The van der Waals surface area contributed by atoms with Crippen LogP contribution in [0.2, 0.25) is 0 Å². The molecule has 6 nitrogen and oxygen atoms in total. The van der Waals surface area contributed by atoms with Gasteiger partial charge < -0.3 is 5.32 Å². The number of nitrogens with one attached hydrogen (secondary N) is 1. The van der Waals surface area contributed by atoms with E-state index >= 15 is 0 Å². The standard InChI is InChI=1S/C17H19N3O3S/c1-13-7-8-16(18-12-13)19-17(21)14-5-4-6-15(11-14)20-9-2-3-10-24(20,22)23/h4-8,11-12H,2-3,9-10H2,1H3,(H,18,19,21). The number of hydrogen-bond donors (Lipinski definition) is 1.